The first kappa shape index (κ1) is 13.1. The molecule has 1 atom stereocenters. The fraction of sp³-hybridized carbons (Fsp3) is 0.800. The number of Topliss-reactive ketones (excluding diaryl/α,β-unsaturated/α-hetero) is 1. The molecule has 0 heterocycles. The van der Waals surface area contributed by atoms with Crippen LogP contribution in [0.1, 0.15) is 20.3 Å². The smallest absolute Gasteiger partial charge is 0.316 e. The second-order valence-electron chi connectivity index (χ2n) is 3.45. The Morgan fingerprint density at radius 3 is 2.14 bits per heavy atom. The van der Waals surface area contributed by atoms with E-state index in [0.29, 0.717) is 6.61 Å². The van der Waals surface area contributed by atoms with Gasteiger partial charge in [-0.1, -0.05) is 13.8 Å². The standard InChI is InChI=1S/C10H18O4/c1-7(2)9(10(12)14-4)8(11)5-6-13-3/h7,9H,5-6H2,1-4H3. The Morgan fingerprint density at radius 2 is 1.79 bits per heavy atom. The van der Waals surface area contributed by atoms with Gasteiger partial charge in [-0.15, -0.1) is 0 Å². The van der Waals surface area contributed by atoms with Gasteiger partial charge in [0.05, 0.1) is 13.7 Å². The van der Waals surface area contributed by atoms with Crippen LogP contribution in [0.25, 0.3) is 0 Å². The minimum absolute atomic E-state index is 0.0354. The first-order valence-corrected chi connectivity index (χ1v) is 4.64. The highest BCUT2D eigenvalue weighted by Crippen LogP contribution is 2.15. The quantitative estimate of drug-likeness (QED) is 0.477. The van der Waals surface area contributed by atoms with E-state index in [0.717, 1.165) is 0 Å². The lowest BCUT2D eigenvalue weighted by Gasteiger charge is -2.16. The minimum atomic E-state index is -0.657. The fourth-order valence-corrected chi connectivity index (χ4v) is 1.26. The Hall–Kier alpha value is -0.900. The summed E-state index contributed by atoms with van der Waals surface area (Å²) in [7, 11) is 2.82. The first-order chi connectivity index (χ1) is 6.54. The summed E-state index contributed by atoms with van der Waals surface area (Å²) in [6.45, 7) is 4.00. The lowest BCUT2D eigenvalue weighted by molar-refractivity contribution is -0.151. The normalized spacial score (nSPS) is 12.6. The molecule has 4 nitrogen and oxygen atoms in total. The Kier molecular flexibility index (Phi) is 6.12. The van der Waals surface area contributed by atoms with E-state index in [2.05, 4.69) is 4.74 Å². The van der Waals surface area contributed by atoms with Gasteiger partial charge in [0.2, 0.25) is 0 Å². The molecule has 0 aliphatic heterocycles. The number of carbonyl (C=O) groups is 2. The van der Waals surface area contributed by atoms with E-state index in [1.165, 1.54) is 14.2 Å². The largest absolute Gasteiger partial charge is 0.468 e. The van der Waals surface area contributed by atoms with Crippen LogP contribution in [0.15, 0.2) is 0 Å². The van der Waals surface area contributed by atoms with E-state index in [1.54, 1.807) is 0 Å². The molecule has 0 aromatic heterocycles. The Labute approximate surface area is 84.6 Å². The van der Waals surface area contributed by atoms with Gasteiger partial charge in [-0.2, -0.15) is 0 Å². The molecular formula is C10H18O4. The molecule has 0 aromatic carbocycles. The summed E-state index contributed by atoms with van der Waals surface area (Å²) in [4.78, 5) is 22.8. The van der Waals surface area contributed by atoms with Crippen LogP contribution in [0.4, 0.5) is 0 Å². The number of hydrogen-bond acceptors (Lipinski definition) is 4. The summed E-state index contributed by atoms with van der Waals surface area (Å²) >= 11 is 0. The van der Waals surface area contributed by atoms with E-state index in [9.17, 15) is 9.59 Å². The maximum atomic E-state index is 11.6. The third-order valence-corrected chi connectivity index (χ3v) is 2.02. The second kappa shape index (κ2) is 6.54. The molecule has 0 saturated heterocycles. The highest BCUT2D eigenvalue weighted by Gasteiger charge is 2.29. The van der Waals surface area contributed by atoms with Gasteiger partial charge in [0.1, 0.15) is 11.7 Å². The number of esters is 1. The molecule has 0 fully saturated rings. The van der Waals surface area contributed by atoms with Gasteiger partial charge in [0.25, 0.3) is 0 Å². The third kappa shape index (κ3) is 3.87. The molecule has 0 saturated carbocycles. The highest BCUT2D eigenvalue weighted by molar-refractivity contribution is 5.99. The molecule has 0 aromatic rings. The van der Waals surface area contributed by atoms with Crippen molar-refractivity contribution in [3.63, 3.8) is 0 Å². The van der Waals surface area contributed by atoms with Gasteiger partial charge in [-0.05, 0) is 5.92 Å². The molecule has 0 aliphatic carbocycles. The number of ketones is 1. The van der Waals surface area contributed by atoms with Crippen LogP contribution in [0.3, 0.4) is 0 Å². The summed E-state index contributed by atoms with van der Waals surface area (Å²) < 4.78 is 9.36. The van der Waals surface area contributed by atoms with Crippen LogP contribution in [0.2, 0.25) is 0 Å². The van der Waals surface area contributed by atoms with Gasteiger partial charge >= 0.3 is 5.97 Å². The summed E-state index contributed by atoms with van der Waals surface area (Å²) in [5.41, 5.74) is 0. The molecule has 0 N–H and O–H groups in total. The summed E-state index contributed by atoms with van der Waals surface area (Å²) in [5, 5.41) is 0. The number of ether oxygens (including phenoxy) is 2. The zero-order valence-corrected chi connectivity index (χ0v) is 9.20. The van der Waals surface area contributed by atoms with Crippen molar-refractivity contribution in [1.29, 1.82) is 0 Å². The Bertz CT molecular complexity index is 198. The van der Waals surface area contributed by atoms with E-state index in [1.807, 2.05) is 13.8 Å². The molecule has 14 heavy (non-hydrogen) atoms. The maximum Gasteiger partial charge on any atom is 0.316 e. The van der Waals surface area contributed by atoms with Gasteiger partial charge < -0.3 is 9.47 Å². The molecule has 0 radical (unpaired) electrons. The number of hydrogen-bond donors (Lipinski definition) is 0. The lowest BCUT2D eigenvalue weighted by atomic mass is 9.90. The van der Waals surface area contributed by atoms with Gasteiger partial charge in [0, 0.05) is 13.5 Å². The van der Waals surface area contributed by atoms with Crippen molar-refractivity contribution in [3.8, 4) is 0 Å². The topological polar surface area (TPSA) is 52.6 Å². The fourth-order valence-electron chi connectivity index (χ4n) is 1.26. The van der Waals surface area contributed by atoms with E-state index < -0.39 is 11.9 Å². The van der Waals surface area contributed by atoms with Crippen LogP contribution in [-0.4, -0.2) is 32.6 Å². The highest BCUT2D eigenvalue weighted by atomic mass is 16.5. The van der Waals surface area contributed by atoms with Crippen molar-refractivity contribution in [2.45, 2.75) is 20.3 Å². The SMILES string of the molecule is COCCC(=O)C(C(=O)OC)C(C)C. The molecule has 1 unspecified atom stereocenters. The molecule has 0 bridgehead atoms. The molecule has 4 heteroatoms. The van der Waals surface area contributed by atoms with E-state index in [4.69, 9.17) is 4.74 Å². The zero-order valence-electron chi connectivity index (χ0n) is 9.20. The van der Waals surface area contributed by atoms with Crippen molar-refractivity contribution in [2.75, 3.05) is 20.8 Å². The van der Waals surface area contributed by atoms with Crippen LogP contribution in [-0.2, 0) is 19.1 Å². The first-order valence-electron chi connectivity index (χ1n) is 4.64. The van der Waals surface area contributed by atoms with Crippen molar-refractivity contribution in [1.82, 2.24) is 0 Å². The molecule has 0 amide bonds. The summed E-state index contributed by atoms with van der Waals surface area (Å²) in [6.07, 6.45) is 0.258. The van der Waals surface area contributed by atoms with Crippen molar-refractivity contribution >= 4 is 11.8 Å². The lowest BCUT2D eigenvalue weighted by Crippen LogP contribution is -2.30. The number of methoxy groups -OCH3 is 2. The van der Waals surface area contributed by atoms with Crippen LogP contribution in [0.5, 0.6) is 0 Å². The van der Waals surface area contributed by atoms with Gasteiger partial charge in [0.15, 0.2) is 0 Å². The average Bonchev–Trinajstić information content (AvgIpc) is 2.14. The van der Waals surface area contributed by atoms with E-state index >= 15 is 0 Å². The van der Waals surface area contributed by atoms with Crippen molar-refractivity contribution in [2.24, 2.45) is 11.8 Å². The minimum Gasteiger partial charge on any atom is -0.468 e. The van der Waals surface area contributed by atoms with Gasteiger partial charge in [-0.3, -0.25) is 9.59 Å². The Balaban J connectivity index is 4.34. The molecule has 0 aliphatic rings. The van der Waals surface area contributed by atoms with Crippen molar-refractivity contribution in [3.05, 3.63) is 0 Å². The molecular weight excluding hydrogens is 184 g/mol. The zero-order chi connectivity index (χ0) is 11.1. The number of rotatable bonds is 6. The van der Waals surface area contributed by atoms with E-state index in [-0.39, 0.29) is 18.1 Å². The van der Waals surface area contributed by atoms with Crippen LogP contribution >= 0.6 is 0 Å². The number of carbonyl (C=O) groups excluding carboxylic acids is 2. The predicted molar refractivity (Wildman–Crippen MR) is 51.8 cm³/mol. The van der Waals surface area contributed by atoms with Crippen LogP contribution < -0.4 is 0 Å². The summed E-state index contributed by atoms with van der Waals surface area (Å²) in [5.74, 6) is -1.27. The predicted octanol–water partition coefficient (Wildman–Crippen LogP) is 1.04. The second-order valence-corrected chi connectivity index (χ2v) is 3.45. The monoisotopic (exact) mass is 202 g/mol. The van der Waals surface area contributed by atoms with Gasteiger partial charge in [-0.25, -0.2) is 0 Å². The van der Waals surface area contributed by atoms with Crippen molar-refractivity contribution < 1.29 is 19.1 Å². The third-order valence-electron chi connectivity index (χ3n) is 2.02. The molecule has 0 rings (SSSR count). The Morgan fingerprint density at radius 1 is 1.21 bits per heavy atom. The molecule has 82 valence electrons. The summed E-state index contributed by atoms with van der Waals surface area (Å²) in [6, 6.07) is 0. The average molecular weight is 202 g/mol. The maximum absolute atomic E-state index is 11.6. The molecule has 0 spiro atoms. The van der Waals surface area contributed by atoms with Crippen LogP contribution in [0, 0.1) is 11.8 Å².